The zero-order valence-electron chi connectivity index (χ0n) is 15.0. The van der Waals surface area contributed by atoms with Crippen LogP contribution in [0.4, 0.5) is 0 Å². The number of nitrogens with one attached hydrogen (secondary N) is 2. The first-order valence-electron chi connectivity index (χ1n) is 7.66. The lowest BCUT2D eigenvalue weighted by atomic mass is 10.0. The van der Waals surface area contributed by atoms with E-state index in [1.54, 1.807) is 0 Å². The fourth-order valence-electron chi connectivity index (χ4n) is 1.73. The number of aliphatic hydroxyl groups is 4. The molecule has 15 heteroatoms. The number of hydrogen-bond donors (Lipinski definition) is 6. The van der Waals surface area contributed by atoms with Crippen molar-refractivity contribution in [2.45, 2.75) is 24.4 Å². The van der Waals surface area contributed by atoms with Crippen molar-refractivity contribution in [3.05, 3.63) is 0 Å². The average Bonchev–Trinajstić information content (AvgIpc) is 2.50. The zero-order valence-corrected chi connectivity index (χ0v) is 17.5. The van der Waals surface area contributed by atoms with Crippen molar-refractivity contribution in [2.24, 2.45) is 0 Å². The van der Waals surface area contributed by atoms with Gasteiger partial charge in [-0.15, -0.1) is 12.4 Å². The van der Waals surface area contributed by atoms with Crippen LogP contribution in [-0.2, 0) is 28.6 Å². The minimum absolute atomic E-state index is 0. The van der Waals surface area contributed by atoms with E-state index < -0.39 is 44.7 Å². The Hall–Kier alpha value is -0.130. The highest BCUT2D eigenvalue weighted by molar-refractivity contribution is 7.86. The maximum atomic E-state index is 10.7. The lowest BCUT2D eigenvalue weighted by Gasteiger charge is -2.27. The molecule has 0 bridgehead atoms. The van der Waals surface area contributed by atoms with Crippen molar-refractivity contribution < 1.29 is 45.6 Å². The first-order valence-corrected chi connectivity index (χ1v) is 11.3. The highest BCUT2D eigenvalue weighted by Gasteiger charge is 2.29. The molecule has 4 atom stereocenters. The molecule has 166 valence electrons. The number of rotatable bonds is 15. The second-order valence-electron chi connectivity index (χ2n) is 5.58. The van der Waals surface area contributed by atoms with Crippen molar-refractivity contribution in [1.29, 1.82) is 0 Å². The Kier molecular flexibility index (Phi) is 15.0. The van der Waals surface area contributed by atoms with E-state index in [4.69, 9.17) is 0 Å². The smallest absolute Gasteiger partial charge is 0.264 e. The summed E-state index contributed by atoms with van der Waals surface area (Å²) in [6.07, 6.45) is -4.39. The molecule has 0 aliphatic rings. The SMILES string of the molecule is CS(=O)(=O)OCCNCC(O)C(O)C(O)C(O)CNCCOS(C)(=O)=O.Cl. The van der Waals surface area contributed by atoms with Crippen LogP contribution in [0.15, 0.2) is 0 Å². The van der Waals surface area contributed by atoms with Gasteiger partial charge in [0, 0.05) is 26.2 Å². The fraction of sp³-hybridized carbons (Fsp3) is 1.00. The molecule has 0 amide bonds. The predicted molar refractivity (Wildman–Crippen MR) is 98.6 cm³/mol. The molecule has 0 saturated heterocycles. The second-order valence-corrected chi connectivity index (χ2v) is 8.86. The van der Waals surface area contributed by atoms with Crippen LogP contribution in [0.25, 0.3) is 0 Å². The van der Waals surface area contributed by atoms with Gasteiger partial charge >= 0.3 is 0 Å². The van der Waals surface area contributed by atoms with Crippen molar-refractivity contribution in [1.82, 2.24) is 10.6 Å². The Morgan fingerprint density at radius 1 is 0.741 bits per heavy atom. The van der Waals surface area contributed by atoms with Gasteiger partial charge in [-0.3, -0.25) is 8.37 Å². The molecule has 0 heterocycles. The molecule has 0 fully saturated rings. The fourth-order valence-corrected chi connectivity index (χ4v) is 2.50. The molecule has 0 spiro atoms. The molecule has 0 saturated carbocycles. The zero-order chi connectivity index (χ0) is 20.4. The highest BCUT2D eigenvalue weighted by atomic mass is 35.5. The van der Waals surface area contributed by atoms with Gasteiger partial charge in [0.25, 0.3) is 20.2 Å². The lowest BCUT2D eigenvalue weighted by Crippen LogP contribution is -2.51. The molecule has 27 heavy (non-hydrogen) atoms. The second kappa shape index (κ2) is 13.9. The van der Waals surface area contributed by atoms with Gasteiger partial charge in [0.1, 0.15) is 12.2 Å². The third-order valence-corrected chi connectivity index (χ3v) is 4.19. The molecule has 0 radical (unpaired) electrons. The maximum Gasteiger partial charge on any atom is 0.264 e. The van der Waals surface area contributed by atoms with Crippen LogP contribution >= 0.6 is 12.4 Å². The standard InChI is InChI=1S/C12H28N2O10S2.ClH/c1-25(19,20)23-5-3-13-7-9(15)11(17)12(18)10(16)8-14-4-6-24-26(2,21)22;/h9-18H,3-8H2,1-2H3;1H. The van der Waals surface area contributed by atoms with E-state index in [2.05, 4.69) is 19.0 Å². The van der Waals surface area contributed by atoms with Crippen LogP contribution in [0, 0.1) is 0 Å². The van der Waals surface area contributed by atoms with E-state index in [9.17, 15) is 37.3 Å². The van der Waals surface area contributed by atoms with E-state index in [-0.39, 0.29) is 51.8 Å². The van der Waals surface area contributed by atoms with Gasteiger partial charge in [0.2, 0.25) is 0 Å². The summed E-state index contributed by atoms with van der Waals surface area (Å²) in [5, 5.41) is 44.3. The van der Waals surface area contributed by atoms with Crippen molar-refractivity contribution in [3.8, 4) is 0 Å². The summed E-state index contributed by atoms with van der Waals surface area (Å²) >= 11 is 0. The van der Waals surface area contributed by atoms with Crippen molar-refractivity contribution >= 4 is 32.6 Å². The monoisotopic (exact) mass is 460 g/mol. The van der Waals surface area contributed by atoms with Crippen LogP contribution < -0.4 is 10.6 Å². The normalized spacial score (nSPS) is 17.0. The minimum Gasteiger partial charge on any atom is -0.389 e. The molecular formula is C12H29ClN2O10S2. The van der Waals surface area contributed by atoms with E-state index in [1.165, 1.54) is 0 Å². The summed E-state index contributed by atoms with van der Waals surface area (Å²) in [5.41, 5.74) is 0. The van der Waals surface area contributed by atoms with Gasteiger partial charge in [0.15, 0.2) is 0 Å². The Balaban J connectivity index is 0. The summed E-state index contributed by atoms with van der Waals surface area (Å²) in [4.78, 5) is 0. The lowest BCUT2D eigenvalue weighted by molar-refractivity contribution is -0.102. The molecule has 0 aromatic rings. The predicted octanol–water partition coefficient (Wildman–Crippen LogP) is -4.02. The van der Waals surface area contributed by atoms with E-state index >= 15 is 0 Å². The van der Waals surface area contributed by atoms with Crippen LogP contribution in [0.5, 0.6) is 0 Å². The van der Waals surface area contributed by atoms with Gasteiger partial charge in [-0.1, -0.05) is 0 Å². The Bertz CT molecular complexity index is 537. The molecule has 0 aliphatic carbocycles. The first-order chi connectivity index (χ1) is 11.8. The molecule has 6 N–H and O–H groups in total. The van der Waals surface area contributed by atoms with Crippen LogP contribution in [0.1, 0.15) is 0 Å². The van der Waals surface area contributed by atoms with Gasteiger partial charge in [-0.25, -0.2) is 0 Å². The average molecular weight is 461 g/mol. The number of aliphatic hydroxyl groups excluding tert-OH is 4. The maximum absolute atomic E-state index is 10.7. The third kappa shape index (κ3) is 16.5. The third-order valence-electron chi connectivity index (χ3n) is 3.00. The largest absolute Gasteiger partial charge is 0.389 e. The summed E-state index contributed by atoms with van der Waals surface area (Å²) in [6, 6.07) is 0. The van der Waals surface area contributed by atoms with Gasteiger partial charge in [-0.2, -0.15) is 16.8 Å². The summed E-state index contributed by atoms with van der Waals surface area (Å²) in [6.45, 7) is -0.505. The highest BCUT2D eigenvalue weighted by Crippen LogP contribution is 2.04. The van der Waals surface area contributed by atoms with Gasteiger partial charge in [-0.05, 0) is 0 Å². The Labute approximate surface area is 165 Å². The van der Waals surface area contributed by atoms with E-state index in [0.717, 1.165) is 12.5 Å². The Morgan fingerprint density at radius 2 is 1.04 bits per heavy atom. The van der Waals surface area contributed by atoms with Crippen LogP contribution in [-0.4, -0.2) is 114 Å². The van der Waals surface area contributed by atoms with E-state index in [0.29, 0.717) is 0 Å². The first kappa shape index (κ1) is 29.1. The van der Waals surface area contributed by atoms with Crippen molar-refractivity contribution in [2.75, 3.05) is 51.9 Å². The Morgan fingerprint density at radius 3 is 1.30 bits per heavy atom. The number of hydrogen-bond acceptors (Lipinski definition) is 12. The van der Waals surface area contributed by atoms with Gasteiger partial charge in [0.05, 0.1) is 37.9 Å². The van der Waals surface area contributed by atoms with Crippen LogP contribution in [0.2, 0.25) is 0 Å². The molecule has 0 aromatic heterocycles. The van der Waals surface area contributed by atoms with Gasteiger partial charge < -0.3 is 31.1 Å². The molecular weight excluding hydrogens is 432 g/mol. The summed E-state index contributed by atoms with van der Waals surface area (Å²) < 4.78 is 51.9. The minimum atomic E-state index is -3.56. The molecule has 4 unspecified atom stereocenters. The molecule has 0 rings (SSSR count). The molecule has 12 nitrogen and oxygen atoms in total. The van der Waals surface area contributed by atoms with Crippen molar-refractivity contribution in [3.63, 3.8) is 0 Å². The molecule has 0 aliphatic heterocycles. The topological polar surface area (TPSA) is 192 Å². The number of halogens is 1. The van der Waals surface area contributed by atoms with Crippen LogP contribution in [0.3, 0.4) is 0 Å². The quantitative estimate of drug-likeness (QED) is 0.103. The van der Waals surface area contributed by atoms with E-state index in [1.807, 2.05) is 0 Å². The molecule has 0 aromatic carbocycles. The summed E-state index contributed by atoms with van der Waals surface area (Å²) in [5.74, 6) is 0. The summed E-state index contributed by atoms with van der Waals surface area (Å²) in [7, 11) is -7.12.